The largest absolute Gasteiger partial charge is 0.316 e. The van der Waals surface area contributed by atoms with Crippen molar-refractivity contribution in [1.29, 1.82) is 0 Å². The van der Waals surface area contributed by atoms with Crippen LogP contribution in [-0.2, 0) is 0 Å². The minimum absolute atomic E-state index is 0.0816. The summed E-state index contributed by atoms with van der Waals surface area (Å²) >= 11 is 1.51. The average molecular weight is 211 g/mol. The maximum atomic E-state index is 13.5. The highest BCUT2D eigenvalue weighted by atomic mass is 32.2. The van der Waals surface area contributed by atoms with E-state index in [0.29, 0.717) is 5.92 Å². The molecule has 76 valence electrons. The second-order valence-electron chi connectivity index (χ2n) is 3.55. The number of nitrogens with one attached hydrogen (secondary N) is 1. The molecule has 1 fully saturated rings. The van der Waals surface area contributed by atoms with Crippen LogP contribution in [0.5, 0.6) is 0 Å². The summed E-state index contributed by atoms with van der Waals surface area (Å²) in [7, 11) is 0. The van der Waals surface area contributed by atoms with E-state index in [4.69, 9.17) is 0 Å². The molecule has 1 atom stereocenters. The Balaban J connectivity index is 2.35. The van der Waals surface area contributed by atoms with Crippen molar-refractivity contribution in [2.24, 2.45) is 0 Å². The zero-order valence-corrected chi connectivity index (χ0v) is 9.03. The average Bonchev–Trinajstić information content (AvgIpc) is 2.70. The molecule has 2 rings (SSSR count). The standard InChI is InChI=1S/C11H14FNS/c1-14-11-9(3-2-4-10(11)12)8-5-6-13-7-8/h2-4,8,13H,5-7H2,1H3. The van der Waals surface area contributed by atoms with Gasteiger partial charge >= 0.3 is 0 Å². The molecule has 1 saturated heterocycles. The molecule has 1 aromatic rings. The van der Waals surface area contributed by atoms with Crippen molar-refractivity contribution < 1.29 is 4.39 Å². The van der Waals surface area contributed by atoms with Crippen LogP contribution in [0.15, 0.2) is 23.1 Å². The lowest BCUT2D eigenvalue weighted by molar-refractivity contribution is 0.590. The lowest BCUT2D eigenvalue weighted by Gasteiger charge is -2.13. The van der Waals surface area contributed by atoms with Crippen molar-refractivity contribution in [3.63, 3.8) is 0 Å². The van der Waals surface area contributed by atoms with E-state index in [9.17, 15) is 4.39 Å². The number of halogens is 1. The topological polar surface area (TPSA) is 12.0 Å². The lowest BCUT2D eigenvalue weighted by atomic mass is 9.98. The van der Waals surface area contributed by atoms with Crippen molar-refractivity contribution in [2.75, 3.05) is 19.3 Å². The Morgan fingerprint density at radius 1 is 1.50 bits per heavy atom. The zero-order valence-electron chi connectivity index (χ0n) is 8.22. The van der Waals surface area contributed by atoms with Gasteiger partial charge in [0, 0.05) is 11.4 Å². The normalized spacial score (nSPS) is 21.4. The summed E-state index contributed by atoms with van der Waals surface area (Å²) < 4.78 is 13.5. The van der Waals surface area contributed by atoms with Crippen LogP contribution in [0.2, 0.25) is 0 Å². The van der Waals surface area contributed by atoms with Gasteiger partial charge in [0.15, 0.2) is 0 Å². The molecule has 0 saturated carbocycles. The van der Waals surface area contributed by atoms with Gasteiger partial charge in [0.25, 0.3) is 0 Å². The molecular weight excluding hydrogens is 197 g/mol. The first-order chi connectivity index (χ1) is 6.83. The second-order valence-corrected chi connectivity index (χ2v) is 4.37. The Kier molecular flexibility index (Phi) is 3.08. The van der Waals surface area contributed by atoms with Crippen LogP contribution in [0, 0.1) is 5.82 Å². The fourth-order valence-electron chi connectivity index (χ4n) is 1.98. The van der Waals surface area contributed by atoms with Gasteiger partial charge in [-0.25, -0.2) is 4.39 Å². The molecule has 0 bridgehead atoms. The van der Waals surface area contributed by atoms with E-state index in [2.05, 4.69) is 5.32 Å². The van der Waals surface area contributed by atoms with Crippen molar-refractivity contribution in [3.05, 3.63) is 29.6 Å². The van der Waals surface area contributed by atoms with Gasteiger partial charge < -0.3 is 5.32 Å². The lowest BCUT2D eigenvalue weighted by Crippen LogP contribution is -2.08. The van der Waals surface area contributed by atoms with Gasteiger partial charge in [0.2, 0.25) is 0 Å². The minimum Gasteiger partial charge on any atom is -0.316 e. The summed E-state index contributed by atoms with van der Waals surface area (Å²) in [5.41, 5.74) is 1.17. The summed E-state index contributed by atoms with van der Waals surface area (Å²) in [5.74, 6) is 0.412. The number of hydrogen-bond donors (Lipinski definition) is 1. The Morgan fingerprint density at radius 3 is 3.00 bits per heavy atom. The Hall–Kier alpha value is -0.540. The number of rotatable bonds is 2. The van der Waals surface area contributed by atoms with Crippen LogP contribution >= 0.6 is 11.8 Å². The molecule has 1 aliphatic heterocycles. The van der Waals surface area contributed by atoms with E-state index in [-0.39, 0.29) is 5.82 Å². The fraction of sp³-hybridized carbons (Fsp3) is 0.455. The van der Waals surface area contributed by atoms with Crippen LogP contribution in [0.3, 0.4) is 0 Å². The monoisotopic (exact) mass is 211 g/mol. The highest BCUT2D eigenvalue weighted by molar-refractivity contribution is 7.98. The van der Waals surface area contributed by atoms with Crippen LogP contribution < -0.4 is 5.32 Å². The molecule has 0 radical (unpaired) electrons. The quantitative estimate of drug-likeness (QED) is 0.755. The summed E-state index contributed by atoms with van der Waals surface area (Å²) in [6, 6.07) is 5.40. The van der Waals surface area contributed by atoms with Crippen LogP contribution in [0.4, 0.5) is 4.39 Å². The van der Waals surface area contributed by atoms with Gasteiger partial charge in [-0.05, 0) is 36.8 Å². The molecule has 14 heavy (non-hydrogen) atoms. The zero-order chi connectivity index (χ0) is 9.97. The Labute approximate surface area is 88.1 Å². The number of thioether (sulfide) groups is 1. The smallest absolute Gasteiger partial charge is 0.137 e. The Bertz CT molecular complexity index is 321. The summed E-state index contributed by atoms with van der Waals surface area (Å²) in [6.45, 7) is 2.03. The van der Waals surface area contributed by atoms with Gasteiger partial charge in [0.05, 0.1) is 0 Å². The van der Waals surface area contributed by atoms with Crippen LogP contribution in [-0.4, -0.2) is 19.3 Å². The first-order valence-electron chi connectivity index (χ1n) is 4.86. The predicted molar refractivity (Wildman–Crippen MR) is 58.4 cm³/mol. The van der Waals surface area contributed by atoms with E-state index in [0.717, 1.165) is 24.4 Å². The first-order valence-corrected chi connectivity index (χ1v) is 6.08. The first kappa shape index (κ1) is 9.99. The minimum atomic E-state index is -0.0816. The molecule has 1 nitrogen and oxygen atoms in total. The molecule has 1 aliphatic rings. The molecule has 0 spiro atoms. The Morgan fingerprint density at radius 2 is 2.36 bits per heavy atom. The van der Waals surface area contributed by atoms with Crippen molar-refractivity contribution >= 4 is 11.8 Å². The highest BCUT2D eigenvalue weighted by Crippen LogP contribution is 2.32. The molecule has 1 heterocycles. The molecule has 0 amide bonds. The van der Waals surface area contributed by atoms with Crippen molar-refractivity contribution in [3.8, 4) is 0 Å². The van der Waals surface area contributed by atoms with Crippen LogP contribution in [0.1, 0.15) is 17.9 Å². The number of hydrogen-bond acceptors (Lipinski definition) is 2. The molecule has 1 N–H and O–H groups in total. The maximum absolute atomic E-state index is 13.5. The molecule has 3 heteroatoms. The van der Waals surface area contributed by atoms with E-state index >= 15 is 0 Å². The molecule has 0 aliphatic carbocycles. The van der Waals surface area contributed by atoms with E-state index in [1.165, 1.54) is 23.4 Å². The fourth-order valence-corrected chi connectivity index (χ4v) is 2.72. The molecule has 0 aromatic heterocycles. The number of benzene rings is 1. The molecular formula is C11H14FNS. The van der Waals surface area contributed by atoms with Crippen LogP contribution in [0.25, 0.3) is 0 Å². The van der Waals surface area contributed by atoms with Gasteiger partial charge in [-0.15, -0.1) is 11.8 Å². The second kappa shape index (κ2) is 4.32. The third-order valence-electron chi connectivity index (χ3n) is 2.70. The van der Waals surface area contributed by atoms with E-state index in [1.54, 1.807) is 0 Å². The van der Waals surface area contributed by atoms with Crippen molar-refractivity contribution in [2.45, 2.75) is 17.2 Å². The summed E-state index contributed by atoms with van der Waals surface area (Å²) in [4.78, 5) is 0.821. The molecule has 1 aromatic carbocycles. The highest BCUT2D eigenvalue weighted by Gasteiger charge is 2.20. The van der Waals surface area contributed by atoms with E-state index in [1.807, 2.05) is 18.4 Å². The summed E-state index contributed by atoms with van der Waals surface area (Å²) in [6.07, 6.45) is 3.06. The third kappa shape index (κ3) is 1.79. The van der Waals surface area contributed by atoms with Gasteiger partial charge in [-0.2, -0.15) is 0 Å². The van der Waals surface area contributed by atoms with E-state index < -0.39 is 0 Å². The maximum Gasteiger partial charge on any atom is 0.137 e. The van der Waals surface area contributed by atoms with Crippen molar-refractivity contribution in [1.82, 2.24) is 5.32 Å². The van der Waals surface area contributed by atoms with Gasteiger partial charge in [-0.3, -0.25) is 0 Å². The molecule has 1 unspecified atom stereocenters. The van der Waals surface area contributed by atoms with Gasteiger partial charge in [-0.1, -0.05) is 12.1 Å². The third-order valence-corrected chi connectivity index (χ3v) is 3.54. The predicted octanol–water partition coefficient (Wildman–Crippen LogP) is 2.62. The SMILES string of the molecule is CSc1c(F)cccc1C1CCNC1. The summed E-state index contributed by atoms with van der Waals surface area (Å²) in [5, 5.41) is 3.31. The van der Waals surface area contributed by atoms with Gasteiger partial charge in [0.1, 0.15) is 5.82 Å².